The number of halogens is 3. The second-order valence-electron chi connectivity index (χ2n) is 5.05. The minimum atomic E-state index is -4.43. The number of alkyl halides is 3. The third-order valence-corrected chi connectivity index (χ3v) is 3.02. The Morgan fingerprint density at radius 1 is 1.33 bits per heavy atom. The molecule has 0 aromatic heterocycles. The van der Waals surface area contributed by atoms with Gasteiger partial charge in [0.15, 0.2) is 0 Å². The van der Waals surface area contributed by atoms with E-state index in [1.807, 2.05) is 0 Å². The lowest BCUT2D eigenvalue weighted by molar-refractivity contribution is -0.137. The molecule has 2 N–H and O–H groups in total. The third kappa shape index (κ3) is 1.91. The maximum atomic E-state index is 12.5. The Balaban J connectivity index is 2.30. The molecule has 1 aliphatic heterocycles. The quantitative estimate of drug-likeness (QED) is 0.621. The largest absolute Gasteiger partial charge is 0.416 e. The number of nitrogens with two attached hydrogens (primary N) is 1. The molecule has 0 spiro atoms. The minimum absolute atomic E-state index is 0.0336. The first kappa shape index (κ1) is 12.7. The first-order valence-corrected chi connectivity index (χ1v) is 5.41. The number of carbonyl (C=O) groups is 1. The smallest absolute Gasteiger partial charge is 0.397 e. The number of benzene rings is 1. The summed E-state index contributed by atoms with van der Waals surface area (Å²) in [6, 6.07) is 3.03. The van der Waals surface area contributed by atoms with Crippen molar-refractivity contribution in [2.24, 2.45) is 5.41 Å². The van der Waals surface area contributed by atoms with Crippen LogP contribution in [0.3, 0.4) is 0 Å². The number of hydrogen-bond donors (Lipinski definition) is 1. The van der Waals surface area contributed by atoms with Crippen molar-refractivity contribution in [2.75, 3.05) is 17.2 Å². The van der Waals surface area contributed by atoms with E-state index in [2.05, 4.69) is 0 Å². The van der Waals surface area contributed by atoms with Crippen molar-refractivity contribution in [3.8, 4) is 0 Å². The molecular weight excluding hydrogens is 245 g/mol. The molecule has 1 amide bonds. The predicted octanol–water partition coefficient (Wildman–Crippen LogP) is 2.66. The van der Waals surface area contributed by atoms with Crippen LogP contribution in [0, 0.1) is 5.41 Å². The fourth-order valence-electron chi connectivity index (χ4n) is 1.98. The van der Waals surface area contributed by atoms with E-state index in [0.29, 0.717) is 12.2 Å². The lowest BCUT2D eigenvalue weighted by Gasteiger charge is -2.44. The summed E-state index contributed by atoms with van der Waals surface area (Å²) in [5.74, 6) is -0.131. The Hall–Kier alpha value is -1.72. The predicted molar refractivity (Wildman–Crippen MR) is 62.0 cm³/mol. The van der Waals surface area contributed by atoms with E-state index >= 15 is 0 Å². The normalized spacial score (nSPS) is 18.7. The summed E-state index contributed by atoms with van der Waals surface area (Å²) in [6.07, 6.45) is -4.43. The van der Waals surface area contributed by atoms with Gasteiger partial charge in [-0.05, 0) is 32.0 Å². The third-order valence-electron chi connectivity index (χ3n) is 3.02. The fraction of sp³-hybridized carbons (Fsp3) is 0.417. The van der Waals surface area contributed by atoms with Gasteiger partial charge in [-0.3, -0.25) is 4.79 Å². The Morgan fingerprint density at radius 2 is 1.94 bits per heavy atom. The summed E-state index contributed by atoms with van der Waals surface area (Å²) in [5, 5.41) is 0. The number of rotatable bonds is 1. The second kappa shape index (κ2) is 3.63. The molecule has 1 heterocycles. The van der Waals surface area contributed by atoms with Crippen molar-refractivity contribution in [1.82, 2.24) is 0 Å². The monoisotopic (exact) mass is 258 g/mol. The average Bonchev–Trinajstić information content (AvgIpc) is 2.25. The van der Waals surface area contributed by atoms with E-state index in [9.17, 15) is 18.0 Å². The highest BCUT2D eigenvalue weighted by Crippen LogP contribution is 2.40. The van der Waals surface area contributed by atoms with E-state index in [1.54, 1.807) is 13.8 Å². The zero-order valence-electron chi connectivity index (χ0n) is 10.0. The van der Waals surface area contributed by atoms with E-state index in [1.165, 1.54) is 11.0 Å². The Morgan fingerprint density at radius 3 is 2.33 bits per heavy atom. The van der Waals surface area contributed by atoms with Crippen LogP contribution >= 0.6 is 0 Å². The lowest BCUT2D eigenvalue weighted by Crippen LogP contribution is -2.58. The maximum Gasteiger partial charge on any atom is 0.416 e. The first-order chi connectivity index (χ1) is 8.13. The van der Waals surface area contributed by atoms with Gasteiger partial charge in [-0.15, -0.1) is 0 Å². The zero-order valence-corrected chi connectivity index (χ0v) is 10.0. The number of β-lactam (4-membered cyclic amide) rings is 1. The van der Waals surface area contributed by atoms with Gasteiger partial charge in [0.2, 0.25) is 5.91 Å². The second-order valence-corrected chi connectivity index (χ2v) is 5.05. The van der Waals surface area contributed by atoms with Crippen molar-refractivity contribution in [2.45, 2.75) is 20.0 Å². The zero-order chi connectivity index (χ0) is 13.7. The van der Waals surface area contributed by atoms with Crippen molar-refractivity contribution < 1.29 is 18.0 Å². The van der Waals surface area contributed by atoms with Crippen LogP contribution in [-0.2, 0) is 11.0 Å². The van der Waals surface area contributed by atoms with Crippen LogP contribution in [0.4, 0.5) is 24.5 Å². The molecule has 1 aromatic carbocycles. The van der Waals surface area contributed by atoms with Gasteiger partial charge in [-0.1, -0.05) is 0 Å². The van der Waals surface area contributed by atoms with Crippen LogP contribution < -0.4 is 10.6 Å². The molecule has 1 aliphatic rings. The van der Waals surface area contributed by atoms with E-state index in [-0.39, 0.29) is 11.6 Å². The van der Waals surface area contributed by atoms with Gasteiger partial charge in [0.25, 0.3) is 0 Å². The summed E-state index contributed by atoms with van der Waals surface area (Å²) in [6.45, 7) is 4.03. The van der Waals surface area contributed by atoms with Crippen LogP contribution in [0.1, 0.15) is 19.4 Å². The molecule has 0 atom stereocenters. The summed E-state index contributed by atoms with van der Waals surface area (Å²) in [4.78, 5) is 13.2. The van der Waals surface area contributed by atoms with Gasteiger partial charge in [0.1, 0.15) is 0 Å². The highest BCUT2D eigenvalue weighted by atomic mass is 19.4. The van der Waals surface area contributed by atoms with Crippen LogP contribution in [-0.4, -0.2) is 12.5 Å². The Labute approximate surface area is 102 Å². The Bertz CT molecular complexity index is 509. The summed E-state index contributed by atoms with van der Waals surface area (Å²) in [5.41, 5.74) is 4.62. The van der Waals surface area contributed by atoms with Gasteiger partial charge < -0.3 is 10.6 Å². The molecule has 0 aliphatic carbocycles. The van der Waals surface area contributed by atoms with Gasteiger partial charge in [0, 0.05) is 6.54 Å². The highest BCUT2D eigenvalue weighted by molar-refractivity contribution is 6.05. The van der Waals surface area contributed by atoms with Crippen LogP contribution in [0.15, 0.2) is 18.2 Å². The molecule has 0 unspecified atom stereocenters. The van der Waals surface area contributed by atoms with Gasteiger partial charge in [-0.25, -0.2) is 0 Å². The summed E-state index contributed by atoms with van der Waals surface area (Å²) >= 11 is 0. The van der Waals surface area contributed by atoms with Crippen LogP contribution in [0.2, 0.25) is 0 Å². The molecule has 1 fully saturated rings. The van der Waals surface area contributed by atoms with Gasteiger partial charge in [-0.2, -0.15) is 13.2 Å². The highest BCUT2D eigenvalue weighted by Gasteiger charge is 2.45. The molecule has 6 heteroatoms. The standard InChI is InChI=1S/C12H13F3N2O/c1-11(2)6-17(10(11)18)9-4-3-7(5-8(9)16)12(13,14)15/h3-5H,6,16H2,1-2H3. The molecule has 18 heavy (non-hydrogen) atoms. The van der Waals surface area contributed by atoms with Crippen molar-refractivity contribution in [1.29, 1.82) is 0 Å². The molecule has 3 nitrogen and oxygen atoms in total. The SMILES string of the molecule is CC1(C)CN(c2ccc(C(F)(F)F)cc2N)C1=O. The summed E-state index contributed by atoms with van der Waals surface area (Å²) < 4.78 is 37.4. The van der Waals surface area contributed by atoms with Crippen LogP contribution in [0.5, 0.6) is 0 Å². The molecule has 0 radical (unpaired) electrons. The molecule has 0 saturated carbocycles. The average molecular weight is 258 g/mol. The van der Waals surface area contributed by atoms with Crippen molar-refractivity contribution in [3.63, 3.8) is 0 Å². The van der Waals surface area contributed by atoms with Crippen LogP contribution in [0.25, 0.3) is 0 Å². The van der Waals surface area contributed by atoms with E-state index in [0.717, 1.165) is 12.1 Å². The van der Waals surface area contributed by atoms with E-state index in [4.69, 9.17) is 5.73 Å². The number of anilines is 2. The Kier molecular flexibility index (Phi) is 2.57. The molecule has 1 saturated heterocycles. The fourth-order valence-corrected chi connectivity index (χ4v) is 1.98. The number of amides is 1. The van der Waals surface area contributed by atoms with E-state index < -0.39 is 17.2 Å². The number of nitrogen functional groups attached to an aromatic ring is 1. The van der Waals surface area contributed by atoms with Gasteiger partial charge >= 0.3 is 6.18 Å². The minimum Gasteiger partial charge on any atom is -0.397 e. The first-order valence-electron chi connectivity index (χ1n) is 5.41. The lowest BCUT2D eigenvalue weighted by atomic mass is 9.82. The topological polar surface area (TPSA) is 46.3 Å². The molecule has 1 aromatic rings. The molecule has 98 valence electrons. The molecule has 2 rings (SSSR count). The molecular formula is C12H13F3N2O. The van der Waals surface area contributed by atoms with Gasteiger partial charge in [0.05, 0.1) is 22.4 Å². The number of nitrogens with zero attached hydrogens (tertiary/aromatic N) is 1. The number of carbonyl (C=O) groups excluding carboxylic acids is 1. The summed E-state index contributed by atoms with van der Waals surface area (Å²) in [7, 11) is 0. The maximum absolute atomic E-state index is 12.5. The molecule has 0 bridgehead atoms. The van der Waals surface area contributed by atoms with Crippen molar-refractivity contribution >= 4 is 17.3 Å². The van der Waals surface area contributed by atoms with Crippen molar-refractivity contribution in [3.05, 3.63) is 23.8 Å². The number of hydrogen-bond acceptors (Lipinski definition) is 2.